The first-order chi connectivity index (χ1) is 10.3. The van der Waals surface area contributed by atoms with Crippen molar-refractivity contribution in [2.24, 2.45) is 7.05 Å². The lowest BCUT2D eigenvalue weighted by molar-refractivity contribution is -0.155. The highest BCUT2D eigenvalue weighted by atomic mass is 19.4. The summed E-state index contributed by atoms with van der Waals surface area (Å²) in [6, 6.07) is 2.44. The van der Waals surface area contributed by atoms with E-state index in [-0.39, 0.29) is 11.3 Å². The minimum atomic E-state index is -4.70. The summed E-state index contributed by atoms with van der Waals surface area (Å²) in [4.78, 5) is 26.7. The van der Waals surface area contributed by atoms with Gasteiger partial charge in [-0.2, -0.15) is 18.3 Å². The van der Waals surface area contributed by atoms with Crippen molar-refractivity contribution in [2.45, 2.75) is 12.2 Å². The SMILES string of the molecule is Cn1nc(C(=O)N[C@@H](c2cccnc2)C(F)(F)F)ccc1=O. The smallest absolute Gasteiger partial charge is 0.335 e. The fourth-order valence-corrected chi connectivity index (χ4v) is 1.73. The Morgan fingerprint density at radius 3 is 2.59 bits per heavy atom. The normalized spacial score (nSPS) is 12.7. The van der Waals surface area contributed by atoms with Gasteiger partial charge in [0.1, 0.15) is 5.69 Å². The maximum absolute atomic E-state index is 13.1. The summed E-state index contributed by atoms with van der Waals surface area (Å²) < 4.78 is 40.2. The number of halogens is 3. The molecule has 0 aromatic carbocycles. The van der Waals surface area contributed by atoms with E-state index in [1.54, 1.807) is 0 Å². The lowest BCUT2D eigenvalue weighted by atomic mass is 10.1. The standard InChI is InChI=1S/C13H11F3N4O2/c1-20-10(21)5-4-9(19-20)12(22)18-11(13(14,15)16)8-3-2-6-17-7-8/h2-7,11H,1H3,(H,18,22)/t11-/m0/s1. The molecule has 9 heteroatoms. The number of rotatable bonds is 3. The van der Waals surface area contributed by atoms with Crippen molar-refractivity contribution < 1.29 is 18.0 Å². The third kappa shape index (κ3) is 3.48. The van der Waals surface area contributed by atoms with Crippen molar-refractivity contribution >= 4 is 5.91 Å². The molecule has 2 rings (SSSR count). The van der Waals surface area contributed by atoms with Crippen molar-refractivity contribution in [3.8, 4) is 0 Å². The van der Waals surface area contributed by atoms with Gasteiger partial charge in [-0.25, -0.2) is 4.68 Å². The molecule has 0 spiro atoms. The molecule has 0 unspecified atom stereocenters. The molecule has 6 nitrogen and oxygen atoms in total. The Labute approximate surface area is 122 Å². The zero-order chi connectivity index (χ0) is 16.3. The van der Waals surface area contributed by atoms with Crippen LogP contribution in [-0.4, -0.2) is 26.8 Å². The van der Waals surface area contributed by atoms with Gasteiger partial charge in [-0.3, -0.25) is 14.6 Å². The summed E-state index contributed by atoms with van der Waals surface area (Å²) in [6.07, 6.45) is -2.35. The Kier molecular flexibility index (Phi) is 4.25. The lowest BCUT2D eigenvalue weighted by Gasteiger charge is -2.21. The molecule has 2 heterocycles. The topological polar surface area (TPSA) is 76.9 Å². The second-order valence-corrected chi connectivity index (χ2v) is 4.41. The Bertz CT molecular complexity index is 728. The van der Waals surface area contributed by atoms with Crippen LogP contribution >= 0.6 is 0 Å². The third-order valence-electron chi connectivity index (χ3n) is 2.81. The Morgan fingerprint density at radius 1 is 1.32 bits per heavy atom. The summed E-state index contributed by atoms with van der Waals surface area (Å²) in [5.74, 6) is -1.04. The summed E-state index contributed by atoms with van der Waals surface area (Å²) in [5, 5.41) is 5.46. The van der Waals surface area contributed by atoms with E-state index in [9.17, 15) is 22.8 Å². The van der Waals surface area contributed by atoms with Crippen molar-refractivity contribution in [1.29, 1.82) is 0 Å². The first-order valence-corrected chi connectivity index (χ1v) is 6.11. The van der Waals surface area contributed by atoms with E-state index in [0.29, 0.717) is 0 Å². The molecule has 22 heavy (non-hydrogen) atoms. The molecule has 0 aliphatic carbocycles. The van der Waals surface area contributed by atoms with E-state index in [1.165, 1.54) is 25.4 Å². The van der Waals surface area contributed by atoms with Crippen LogP contribution in [0, 0.1) is 0 Å². The number of pyridine rings is 1. The quantitative estimate of drug-likeness (QED) is 0.924. The fourth-order valence-electron chi connectivity index (χ4n) is 1.73. The van der Waals surface area contributed by atoms with Gasteiger partial charge in [-0.05, 0) is 12.1 Å². The summed E-state index contributed by atoms with van der Waals surface area (Å²) in [6.45, 7) is 0. The van der Waals surface area contributed by atoms with E-state index >= 15 is 0 Å². The Morgan fingerprint density at radius 2 is 2.05 bits per heavy atom. The number of aryl methyl sites for hydroxylation is 1. The molecule has 0 radical (unpaired) electrons. The molecule has 0 saturated heterocycles. The van der Waals surface area contributed by atoms with Gasteiger partial charge in [0.05, 0.1) is 0 Å². The molecule has 1 atom stereocenters. The van der Waals surface area contributed by atoms with Crippen LogP contribution in [0.1, 0.15) is 22.1 Å². The highest BCUT2D eigenvalue weighted by Gasteiger charge is 2.42. The number of alkyl halides is 3. The molecule has 0 fully saturated rings. The first-order valence-electron chi connectivity index (χ1n) is 6.11. The zero-order valence-electron chi connectivity index (χ0n) is 11.3. The van der Waals surface area contributed by atoms with E-state index in [1.807, 2.05) is 5.32 Å². The average Bonchev–Trinajstić information content (AvgIpc) is 2.47. The number of hydrogen-bond donors (Lipinski definition) is 1. The van der Waals surface area contributed by atoms with Gasteiger partial charge in [-0.1, -0.05) is 6.07 Å². The number of aromatic nitrogens is 3. The van der Waals surface area contributed by atoms with Crippen LogP contribution in [-0.2, 0) is 7.05 Å². The van der Waals surface area contributed by atoms with Crippen molar-refractivity contribution in [3.63, 3.8) is 0 Å². The van der Waals surface area contributed by atoms with Crippen LogP contribution in [0.2, 0.25) is 0 Å². The molecular weight excluding hydrogens is 301 g/mol. The summed E-state index contributed by atoms with van der Waals surface area (Å²) >= 11 is 0. The average molecular weight is 312 g/mol. The molecule has 0 bridgehead atoms. The predicted octanol–water partition coefficient (Wildman–Crippen LogP) is 1.21. The Hall–Kier alpha value is -2.71. The van der Waals surface area contributed by atoms with Crippen LogP contribution in [0.25, 0.3) is 0 Å². The van der Waals surface area contributed by atoms with E-state index in [2.05, 4.69) is 10.1 Å². The summed E-state index contributed by atoms with van der Waals surface area (Å²) in [7, 11) is 1.29. The maximum Gasteiger partial charge on any atom is 0.412 e. The minimum absolute atomic E-state index is 0.201. The molecule has 2 aromatic heterocycles. The van der Waals surface area contributed by atoms with Crippen LogP contribution < -0.4 is 10.9 Å². The number of hydrogen-bond acceptors (Lipinski definition) is 4. The Balaban J connectivity index is 2.29. The largest absolute Gasteiger partial charge is 0.412 e. The third-order valence-corrected chi connectivity index (χ3v) is 2.81. The zero-order valence-corrected chi connectivity index (χ0v) is 11.3. The van der Waals surface area contributed by atoms with Gasteiger partial charge in [0.2, 0.25) is 0 Å². The summed E-state index contributed by atoms with van der Waals surface area (Å²) in [5.41, 5.74) is -0.968. The number of carbonyl (C=O) groups excluding carboxylic acids is 1. The van der Waals surface area contributed by atoms with Gasteiger partial charge < -0.3 is 5.32 Å². The number of nitrogens with zero attached hydrogens (tertiary/aromatic N) is 3. The van der Waals surface area contributed by atoms with Gasteiger partial charge >= 0.3 is 6.18 Å². The van der Waals surface area contributed by atoms with E-state index in [4.69, 9.17) is 0 Å². The van der Waals surface area contributed by atoms with Crippen LogP contribution in [0.3, 0.4) is 0 Å². The van der Waals surface area contributed by atoms with Crippen LogP contribution in [0.4, 0.5) is 13.2 Å². The van der Waals surface area contributed by atoms with Crippen LogP contribution in [0.15, 0.2) is 41.5 Å². The number of carbonyl (C=O) groups is 1. The molecule has 0 aliphatic heterocycles. The lowest BCUT2D eigenvalue weighted by Crippen LogP contribution is -2.39. The van der Waals surface area contributed by atoms with Crippen molar-refractivity contribution in [2.75, 3.05) is 0 Å². The number of nitrogens with one attached hydrogen (secondary N) is 1. The van der Waals surface area contributed by atoms with Gasteiger partial charge in [0, 0.05) is 31.1 Å². The highest BCUT2D eigenvalue weighted by molar-refractivity contribution is 5.92. The highest BCUT2D eigenvalue weighted by Crippen LogP contribution is 2.32. The van der Waals surface area contributed by atoms with Crippen LogP contribution in [0.5, 0.6) is 0 Å². The molecule has 2 aromatic rings. The first kappa shape index (κ1) is 15.7. The monoisotopic (exact) mass is 312 g/mol. The van der Waals surface area contributed by atoms with Crippen molar-refractivity contribution in [3.05, 3.63) is 58.3 Å². The van der Waals surface area contributed by atoms with Crippen molar-refractivity contribution in [1.82, 2.24) is 20.1 Å². The minimum Gasteiger partial charge on any atom is -0.335 e. The van der Waals surface area contributed by atoms with Gasteiger partial charge in [0.15, 0.2) is 6.04 Å². The van der Waals surface area contributed by atoms with Gasteiger partial charge in [-0.15, -0.1) is 0 Å². The second-order valence-electron chi connectivity index (χ2n) is 4.41. The predicted molar refractivity (Wildman–Crippen MR) is 70.0 cm³/mol. The molecule has 116 valence electrons. The maximum atomic E-state index is 13.1. The van der Waals surface area contributed by atoms with E-state index < -0.39 is 23.7 Å². The second kappa shape index (κ2) is 5.96. The fraction of sp³-hybridized carbons (Fsp3) is 0.231. The molecule has 0 saturated carbocycles. The molecule has 0 aliphatic rings. The van der Waals surface area contributed by atoms with Gasteiger partial charge in [0.25, 0.3) is 11.5 Å². The molecule has 1 N–H and O–H groups in total. The number of amides is 1. The molecule has 1 amide bonds. The van der Waals surface area contributed by atoms with E-state index in [0.717, 1.165) is 23.0 Å². The molecular formula is C13H11F3N4O2.